The molecule has 0 radical (unpaired) electrons. The van der Waals surface area contributed by atoms with E-state index in [1.165, 1.54) is 0 Å². The highest BCUT2D eigenvalue weighted by molar-refractivity contribution is 7.10. The second kappa shape index (κ2) is 7.36. The smallest absolute Gasteiger partial charge is 0.252 e. The van der Waals surface area contributed by atoms with Crippen molar-refractivity contribution in [3.8, 4) is 11.1 Å². The summed E-state index contributed by atoms with van der Waals surface area (Å²) < 4.78 is 0. The number of carbonyl (C=O) groups excluding carboxylic acids is 1. The first kappa shape index (κ1) is 16.3. The van der Waals surface area contributed by atoms with Crippen LogP contribution in [0.25, 0.3) is 11.1 Å². The Morgan fingerprint density at radius 2 is 2.04 bits per heavy atom. The van der Waals surface area contributed by atoms with E-state index >= 15 is 0 Å². The lowest BCUT2D eigenvalue weighted by molar-refractivity contribution is 0.0941. The van der Waals surface area contributed by atoms with Crippen molar-refractivity contribution in [3.05, 3.63) is 70.4 Å². The van der Waals surface area contributed by atoms with Crippen LogP contribution in [0.4, 0.5) is 0 Å². The number of aromatic nitrogens is 2. The van der Waals surface area contributed by atoms with Gasteiger partial charge in [-0.25, -0.2) is 0 Å². The molecule has 0 aliphatic carbocycles. The summed E-state index contributed by atoms with van der Waals surface area (Å²) in [4.78, 5) is 22.2. The van der Waals surface area contributed by atoms with Crippen LogP contribution in [0, 0.1) is 6.92 Å². The van der Waals surface area contributed by atoms with Crippen molar-refractivity contribution in [1.29, 1.82) is 0 Å². The Morgan fingerprint density at radius 3 is 2.75 bits per heavy atom. The average molecular weight is 337 g/mol. The van der Waals surface area contributed by atoms with E-state index < -0.39 is 0 Å². The fraction of sp³-hybridized carbons (Fsp3) is 0.211. The molecule has 1 N–H and O–H groups in total. The summed E-state index contributed by atoms with van der Waals surface area (Å²) in [5.41, 5.74) is 3.69. The molecule has 0 aliphatic heterocycles. The van der Waals surface area contributed by atoms with Crippen molar-refractivity contribution in [3.63, 3.8) is 0 Å². The van der Waals surface area contributed by atoms with Crippen molar-refractivity contribution in [2.24, 2.45) is 0 Å². The van der Waals surface area contributed by atoms with Gasteiger partial charge in [0.2, 0.25) is 0 Å². The molecule has 1 atom stereocenters. The molecular formula is C19H19N3OS. The minimum absolute atomic E-state index is 0.0157. The molecule has 3 rings (SSSR count). The van der Waals surface area contributed by atoms with Crippen molar-refractivity contribution >= 4 is 17.2 Å². The van der Waals surface area contributed by atoms with Gasteiger partial charge in [-0.05, 0) is 19.4 Å². The third-order valence-electron chi connectivity index (χ3n) is 3.79. The molecule has 0 saturated heterocycles. The fourth-order valence-electron chi connectivity index (χ4n) is 2.69. The van der Waals surface area contributed by atoms with Gasteiger partial charge in [0.15, 0.2) is 0 Å². The second-order valence-corrected chi connectivity index (χ2v) is 6.81. The molecule has 5 heteroatoms. The van der Waals surface area contributed by atoms with Gasteiger partial charge in [0.1, 0.15) is 0 Å². The normalized spacial score (nSPS) is 11.9. The second-order valence-electron chi connectivity index (χ2n) is 5.72. The Hall–Kier alpha value is -2.53. The topological polar surface area (TPSA) is 54.9 Å². The molecule has 24 heavy (non-hydrogen) atoms. The summed E-state index contributed by atoms with van der Waals surface area (Å²) >= 11 is 1.60. The summed E-state index contributed by atoms with van der Waals surface area (Å²) in [6.07, 6.45) is 5.70. The SMILES string of the molecule is Cc1scc(C(=O)N[C@H](C)Cc2cnccn2)c1-c1ccccc1. The number of hydrogen-bond acceptors (Lipinski definition) is 4. The zero-order chi connectivity index (χ0) is 16.9. The van der Waals surface area contributed by atoms with Gasteiger partial charge in [0, 0.05) is 46.9 Å². The van der Waals surface area contributed by atoms with E-state index in [9.17, 15) is 4.79 Å². The molecular weight excluding hydrogens is 318 g/mol. The van der Waals surface area contributed by atoms with Gasteiger partial charge >= 0.3 is 0 Å². The third kappa shape index (κ3) is 3.68. The van der Waals surface area contributed by atoms with Crippen LogP contribution in [0.15, 0.2) is 54.3 Å². The van der Waals surface area contributed by atoms with Crippen LogP contribution < -0.4 is 5.32 Å². The minimum Gasteiger partial charge on any atom is -0.349 e. The van der Waals surface area contributed by atoms with Gasteiger partial charge in [-0.3, -0.25) is 14.8 Å². The Morgan fingerprint density at radius 1 is 1.25 bits per heavy atom. The van der Waals surface area contributed by atoms with Gasteiger partial charge in [-0.15, -0.1) is 11.3 Å². The summed E-state index contributed by atoms with van der Waals surface area (Å²) in [7, 11) is 0. The minimum atomic E-state index is -0.0467. The average Bonchev–Trinajstić information content (AvgIpc) is 2.98. The summed E-state index contributed by atoms with van der Waals surface area (Å²) in [6.45, 7) is 4.03. The van der Waals surface area contributed by atoms with Gasteiger partial charge < -0.3 is 5.32 Å². The first-order valence-electron chi connectivity index (χ1n) is 7.84. The number of carbonyl (C=O) groups is 1. The summed E-state index contributed by atoms with van der Waals surface area (Å²) in [5.74, 6) is -0.0467. The van der Waals surface area contributed by atoms with E-state index in [-0.39, 0.29) is 11.9 Å². The van der Waals surface area contributed by atoms with E-state index in [2.05, 4.69) is 15.3 Å². The standard InChI is InChI=1S/C19H19N3OS/c1-13(10-16-11-20-8-9-21-16)22-19(23)17-12-24-14(2)18(17)15-6-4-3-5-7-15/h3-9,11-13H,10H2,1-2H3,(H,22,23)/t13-/m1/s1. The number of aryl methyl sites for hydroxylation is 1. The molecule has 0 saturated carbocycles. The van der Waals surface area contributed by atoms with E-state index in [4.69, 9.17) is 0 Å². The quantitative estimate of drug-likeness (QED) is 0.769. The van der Waals surface area contributed by atoms with Crippen LogP contribution in [0.2, 0.25) is 0 Å². The van der Waals surface area contributed by atoms with E-state index in [1.807, 2.05) is 49.6 Å². The number of thiophene rings is 1. The number of benzene rings is 1. The molecule has 3 aromatic rings. The number of nitrogens with one attached hydrogen (secondary N) is 1. The van der Waals surface area contributed by atoms with Crippen molar-refractivity contribution < 1.29 is 4.79 Å². The summed E-state index contributed by atoms with van der Waals surface area (Å²) in [5, 5.41) is 5.00. The monoisotopic (exact) mass is 337 g/mol. The number of nitrogens with zero attached hydrogens (tertiary/aromatic N) is 2. The Labute approximate surface area is 145 Å². The van der Waals surface area contributed by atoms with Crippen LogP contribution in [-0.4, -0.2) is 21.9 Å². The molecule has 2 aromatic heterocycles. The lowest BCUT2D eigenvalue weighted by Crippen LogP contribution is -2.34. The first-order chi connectivity index (χ1) is 11.6. The van der Waals surface area contributed by atoms with Crippen LogP contribution in [0.1, 0.15) is 27.9 Å². The zero-order valence-electron chi connectivity index (χ0n) is 13.7. The van der Waals surface area contributed by atoms with Crippen LogP contribution in [-0.2, 0) is 6.42 Å². The van der Waals surface area contributed by atoms with Crippen LogP contribution >= 0.6 is 11.3 Å². The molecule has 1 aromatic carbocycles. The molecule has 0 spiro atoms. The predicted octanol–water partition coefficient (Wildman–Crippen LogP) is 3.87. The molecule has 122 valence electrons. The van der Waals surface area contributed by atoms with Gasteiger partial charge in [-0.1, -0.05) is 30.3 Å². The summed E-state index contributed by atoms with van der Waals surface area (Å²) in [6, 6.07) is 10.0. The molecule has 0 unspecified atom stereocenters. The van der Waals surface area contributed by atoms with Crippen molar-refractivity contribution in [2.45, 2.75) is 26.3 Å². The maximum absolute atomic E-state index is 12.7. The maximum Gasteiger partial charge on any atom is 0.252 e. The van der Waals surface area contributed by atoms with Crippen molar-refractivity contribution in [2.75, 3.05) is 0 Å². The largest absolute Gasteiger partial charge is 0.349 e. The molecule has 0 aliphatic rings. The van der Waals surface area contributed by atoms with E-state index in [1.54, 1.807) is 29.9 Å². The molecule has 0 bridgehead atoms. The number of hydrogen-bond donors (Lipinski definition) is 1. The number of rotatable bonds is 5. The van der Waals surface area contributed by atoms with Crippen molar-refractivity contribution in [1.82, 2.24) is 15.3 Å². The van der Waals surface area contributed by atoms with Crippen LogP contribution in [0.3, 0.4) is 0 Å². The number of amides is 1. The lowest BCUT2D eigenvalue weighted by Gasteiger charge is -2.14. The Balaban J connectivity index is 1.76. The van der Waals surface area contributed by atoms with Crippen LogP contribution in [0.5, 0.6) is 0 Å². The molecule has 2 heterocycles. The van der Waals surface area contributed by atoms with Gasteiger partial charge in [0.05, 0.1) is 11.3 Å². The highest BCUT2D eigenvalue weighted by atomic mass is 32.1. The predicted molar refractivity (Wildman–Crippen MR) is 97.2 cm³/mol. The van der Waals surface area contributed by atoms with Gasteiger partial charge in [-0.2, -0.15) is 0 Å². The Bertz CT molecular complexity index is 815. The van der Waals surface area contributed by atoms with Gasteiger partial charge in [0.25, 0.3) is 5.91 Å². The Kier molecular flexibility index (Phi) is 5.01. The fourth-order valence-corrected chi connectivity index (χ4v) is 3.55. The highest BCUT2D eigenvalue weighted by Crippen LogP contribution is 2.32. The first-order valence-corrected chi connectivity index (χ1v) is 8.72. The molecule has 1 amide bonds. The van der Waals surface area contributed by atoms with E-state index in [0.29, 0.717) is 6.42 Å². The maximum atomic E-state index is 12.7. The molecule has 4 nitrogen and oxygen atoms in total. The van der Waals surface area contributed by atoms with E-state index in [0.717, 1.165) is 27.3 Å². The third-order valence-corrected chi connectivity index (χ3v) is 4.70. The molecule has 0 fully saturated rings. The highest BCUT2D eigenvalue weighted by Gasteiger charge is 2.18. The zero-order valence-corrected chi connectivity index (χ0v) is 14.5. The lowest BCUT2D eigenvalue weighted by atomic mass is 10.0.